The van der Waals surface area contributed by atoms with Gasteiger partial charge in [-0.1, -0.05) is 84.5 Å². The average molecular weight is 480 g/mol. The molecule has 0 aliphatic carbocycles. The van der Waals surface area contributed by atoms with Crippen molar-refractivity contribution < 1.29 is 37.2 Å². The minimum absolute atomic E-state index is 0.201. The smallest absolute Gasteiger partial charge is 0.328 e. The van der Waals surface area contributed by atoms with E-state index < -0.39 is 45.7 Å². The fourth-order valence-corrected chi connectivity index (χ4v) is 3.90. The molecule has 0 aliphatic heterocycles. The summed E-state index contributed by atoms with van der Waals surface area (Å²) in [6.07, 6.45) is 13.5. The summed E-state index contributed by atoms with van der Waals surface area (Å²) in [7, 11) is -4.93. The van der Waals surface area contributed by atoms with Crippen LogP contribution in [0.5, 0.6) is 0 Å². The van der Waals surface area contributed by atoms with Gasteiger partial charge in [0.2, 0.25) is 5.91 Å². The van der Waals surface area contributed by atoms with E-state index in [1.807, 2.05) is 0 Å². The molecule has 10 heteroatoms. The highest BCUT2D eigenvalue weighted by molar-refractivity contribution is 7.87. The van der Waals surface area contributed by atoms with Gasteiger partial charge in [0.1, 0.15) is 6.04 Å². The fraction of sp³-hybridized carbons (Fsp3) is 0.864. The first kappa shape index (κ1) is 30.3. The lowest BCUT2D eigenvalue weighted by Gasteiger charge is -2.17. The number of carbonyl (C=O) groups is 3. The van der Waals surface area contributed by atoms with Crippen LogP contribution in [0, 0.1) is 0 Å². The molecule has 0 aromatic heterocycles. The molecule has 0 aromatic carbocycles. The van der Waals surface area contributed by atoms with Crippen LogP contribution in [0.15, 0.2) is 0 Å². The minimum atomic E-state index is -4.93. The molecule has 0 aromatic rings. The molecule has 0 rings (SSSR count). The third-order valence-electron chi connectivity index (χ3n) is 5.28. The molecule has 0 aliphatic rings. The van der Waals surface area contributed by atoms with Crippen LogP contribution in [0.3, 0.4) is 0 Å². The van der Waals surface area contributed by atoms with Crippen molar-refractivity contribution in [2.45, 2.75) is 115 Å². The monoisotopic (exact) mass is 479 g/mol. The van der Waals surface area contributed by atoms with Crippen LogP contribution < -0.4 is 5.32 Å². The van der Waals surface area contributed by atoms with Crippen molar-refractivity contribution in [2.75, 3.05) is 6.61 Å². The molecule has 2 atom stereocenters. The first-order valence-corrected chi connectivity index (χ1v) is 13.3. The molecule has 9 nitrogen and oxygen atoms in total. The summed E-state index contributed by atoms with van der Waals surface area (Å²) in [5.41, 5.74) is 0. The number of esters is 1. The van der Waals surface area contributed by atoms with Gasteiger partial charge in [-0.3, -0.25) is 14.1 Å². The summed E-state index contributed by atoms with van der Waals surface area (Å²) in [4.78, 5) is 34.9. The van der Waals surface area contributed by atoms with Gasteiger partial charge in [-0.2, -0.15) is 8.42 Å². The Kier molecular flexibility index (Phi) is 16.9. The molecule has 0 heterocycles. The van der Waals surface area contributed by atoms with Crippen molar-refractivity contribution in [1.29, 1.82) is 0 Å². The van der Waals surface area contributed by atoms with Gasteiger partial charge in [0, 0.05) is 0 Å². The Morgan fingerprint density at radius 1 is 0.844 bits per heavy atom. The Morgan fingerprint density at radius 2 is 1.31 bits per heavy atom. The van der Waals surface area contributed by atoms with Crippen molar-refractivity contribution in [1.82, 2.24) is 5.32 Å². The molecule has 1 amide bonds. The SMILES string of the molecule is CCCCCCCCCCCCCCOC(=O)[C@@H](CC)NC(=O)C[C@H](C(=O)O)S(=O)(=O)O. The maximum absolute atomic E-state index is 12.1. The van der Waals surface area contributed by atoms with Gasteiger partial charge in [0.05, 0.1) is 13.0 Å². The van der Waals surface area contributed by atoms with Gasteiger partial charge in [-0.05, 0) is 12.8 Å². The van der Waals surface area contributed by atoms with Crippen LogP contribution in [0.2, 0.25) is 0 Å². The van der Waals surface area contributed by atoms with Crippen LogP contribution >= 0.6 is 0 Å². The lowest BCUT2D eigenvalue weighted by molar-refractivity contribution is -0.148. The first-order valence-electron chi connectivity index (χ1n) is 11.8. The van der Waals surface area contributed by atoms with Crippen LogP contribution in [0.4, 0.5) is 0 Å². The Hall–Kier alpha value is -1.68. The molecule has 3 N–H and O–H groups in total. The van der Waals surface area contributed by atoms with Crippen molar-refractivity contribution in [3.05, 3.63) is 0 Å². The van der Waals surface area contributed by atoms with Crippen LogP contribution in [0.1, 0.15) is 104 Å². The average Bonchev–Trinajstić information content (AvgIpc) is 2.72. The standard InChI is InChI=1S/C22H41NO8S/c1-3-5-6-7-8-9-10-11-12-13-14-15-16-31-22(27)18(4-2)23-20(24)17-19(21(25)26)32(28,29)30/h18-19H,3-17H2,1-2H3,(H,23,24)(H,25,26)(H,28,29,30)/t18-,19-/m1/s1. The van der Waals surface area contributed by atoms with E-state index in [0.29, 0.717) is 0 Å². The van der Waals surface area contributed by atoms with Crippen molar-refractivity contribution >= 4 is 28.0 Å². The number of carboxylic acids is 1. The number of carboxylic acid groups (broad SMARTS) is 1. The number of hydrogen-bond donors (Lipinski definition) is 3. The van der Waals surface area contributed by atoms with Gasteiger partial charge in [-0.25, -0.2) is 4.79 Å². The van der Waals surface area contributed by atoms with Crippen molar-refractivity contribution in [3.63, 3.8) is 0 Å². The van der Waals surface area contributed by atoms with Crippen LogP contribution in [-0.2, 0) is 29.2 Å². The summed E-state index contributed by atoms with van der Waals surface area (Å²) in [5, 5.41) is 8.82. The zero-order chi connectivity index (χ0) is 24.4. The number of carbonyl (C=O) groups excluding carboxylic acids is 2. The number of unbranched alkanes of at least 4 members (excludes halogenated alkanes) is 11. The largest absolute Gasteiger partial charge is 0.480 e. The molecule has 0 saturated heterocycles. The van der Waals surface area contributed by atoms with Gasteiger partial charge < -0.3 is 15.2 Å². The van der Waals surface area contributed by atoms with Gasteiger partial charge in [-0.15, -0.1) is 0 Å². The molecule has 0 spiro atoms. The lowest BCUT2D eigenvalue weighted by Crippen LogP contribution is -2.44. The second-order valence-corrected chi connectivity index (χ2v) is 9.73. The van der Waals surface area contributed by atoms with E-state index in [2.05, 4.69) is 12.2 Å². The second-order valence-electron chi connectivity index (χ2n) is 8.13. The van der Waals surface area contributed by atoms with E-state index in [-0.39, 0.29) is 13.0 Å². The summed E-state index contributed by atoms with van der Waals surface area (Å²) in [6, 6.07) is -1.00. The van der Waals surface area contributed by atoms with Crippen molar-refractivity contribution in [3.8, 4) is 0 Å². The molecule has 0 fully saturated rings. The Balaban J connectivity index is 3.97. The molecule has 0 radical (unpaired) electrons. The first-order chi connectivity index (χ1) is 15.1. The van der Waals surface area contributed by atoms with E-state index in [1.165, 1.54) is 51.4 Å². The molecule has 32 heavy (non-hydrogen) atoms. The maximum Gasteiger partial charge on any atom is 0.328 e. The van der Waals surface area contributed by atoms with Crippen LogP contribution in [-0.4, -0.2) is 53.8 Å². The molecule has 0 saturated carbocycles. The highest BCUT2D eigenvalue weighted by Crippen LogP contribution is 2.12. The maximum atomic E-state index is 12.1. The van der Waals surface area contributed by atoms with Crippen LogP contribution in [0.25, 0.3) is 0 Å². The molecular weight excluding hydrogens is 438 g/mol. The van der Waals surface area contributed by atoms with Crippen molar-refractivity contribution in [2.24, 2.45) is 0 Å². The van der Waals surface area contributed by atoms with Gasteiger partial charge >= 0.3 is 11.9 Å². The predicted octanol–water partition coefficient (Wildman–Crippen LogP) is 3.86. The highest BCUT2D eigenvalue weighted by atomic mass is 32.2. The van der Waals surface area contributed by atoms with Gasteiger partial charge in [0.25, 0.3) is 10.1 Å². The molecule has 188 valence electrons. The number of rotatable bonds is 20. The Morgan fingerprint density at radius 3 is 1.72 bits per heavy atom. The quantitative estimate of drug-likeness (QED) is 0.135. The number of amides is 1. The third kappa shape index (κ3) is 15.2. The summed E-state index contributed by atoms with van der Waals surface area (Å²) in [5.74, 6) is -3.46. The highest BCUT2D eigenvalue weighted by Gasteiger charge is 2.34. The van der Waals surface area contributed by atoms with E-state index >= 15 is 0 Å². The summed E-state index contributed by atoms with van der Waals surface area (Å²) >= 11 is 0. The zero-order valence-corrected chi connectivity index (χ0v) is 20.3. The topological polar surface area (TPSA) is 147 Å². The summed E-state index contributed by atoms with van der Waals surface area (Å²) in [6.45, 7) is 4.08. The third-order valence-corrected chi connectivity index (χ3v) is 6.36. The predicted molar refractivity (Wildman–Crippen MR) is 122 cm³/mol. The fourth-order valence-electron chi connectivity index (χ4n) is 3.29. The number of aliphatic carboxylic acids is 1. The Bertz CT molecular complexity index is 650. The van der Waals surface area contributed by atoms with Gasteiger partial charge in [0.15, 0.2) is 5.25 Å². The molecule has 0 bridgehead atoms. The lowest BCUT2D eigenvalue weighted by atomic mass is 10.1. The molecular formula is C22H41NO8S. The second kappa shape index (κ2) is 17.8. The normalized spacial score (nSPS) is 13.3. The number of hydrogen-bond acceptors (Lipinski definition) is 6. The van der Waals surface area contributed by atoms with E-state index in [9.17, 15) is 22.8 Å². The molecule has 0 unspecified atom stereocenters. The zero-order valence-electron chi connectivity index (χ0n) is 19.5. The van der Waals surface area contributed by atoms with E-state index in [0.717, 1.165) is 25.7 Å². The minimum Gasteiger partial charge on any atom is -0.480 e. The number of ether oxygens (including phenoxy) is 1. The number of nitrogens with one attached hydrogen (secondary N) is 1. The van der Waals surface area contributed by atoms with E-state index in [1.54, 1.807) is 6.92 Å². The van der Waals surface area contributed by atoms with E-state index in [4.69, 9.17) is 14.4 Å². The Labute approximate surface area is 192 Å². The summed E-state index contributed by atoms with van der Waals surface area (Å²) < 4.78 is 36.2.